The van der Waals surface area contributed by atoms with E-state index in [2.05, 4.69) is 0 Å². The van der Waals surface area contributed by atoms with Crippen LogP contribution >= 0.6 is 22.9 Å². The summed E-state index contributed by atoms with van der Waals surface area (Å²) in [7, 11) is 0. The molecule has 0 unspecified atom stereocenters. The Kier molecular flexibility index (Phi) is 3.96. The van der Waals surface area contributed by atoms with E-state index >= 15 is 0 Å². The Morgan fingerprint density at radius 1 is 1.06 bits per heavy atom. The quantitative estimate of drug-likeness (QED) is 0.570. The molecule has 0 spiro atoms. The molecule has 0 N–H and O–H groups in total. The summed E-state index contributed by atoms with van der Waals surface area (Å²) in [5, 5.41) is 5.04. The van der Waals surface area contributed by atoms with Crippen LogP contribution in [0.15, 0.2) is 62.4 Å². The van der Waals surface area contributed by atoms with Crippen LogP contribution in [-0.4, -0.2) is 0 Å². The summed E-state index contributed by atoms with van der Waals surface area (Å²) in [4.78, 5) is 10.9. The zero-order valence-corrected chi connectivity index (χ0v) is 10.4. The summed E-state index contributed by atoms with van der Waals surface area (Å²) in [6, 6.07) is 12.9. The molecule has 3 aromatic rings. The molecule has 2 heterocycles. The van der Waals surface area contributed by atoms with Gasteiger partial charge in [-0.2, -0.15) is 11.3 Å². The second kappa shape index (κ2) is 5.66. The Morgan fingerprint density at radius 3 is 2.41 bits per heavy atom. The van der Waals surface area contributed by atoms with Gasteiger partial charge in [0.25, 0.3) is 0 Å². The van der Waals surface area contributed by atoms with Gasteiger partial charge in [-0.15, -0.1) is 0 Å². The van der Waals surface area contributed by atoms with E-state index in [9.17, 15) is 4.79 Å². The maximum absolute atomic E-state index is 10.9. The Labute approximate surface area is 107 Å². The van der Waals surface area contributed by atoms with Gasteiger partial charge in [0.05, 0.1) is 0 Å². The predicted octanol–water partition coefficient (Wildman–Crippen LogP) is 4.19. The average molecular weight is 265 g/mol. The fraction of sp³-hybridized carbons (Fsp3) is 0. The highest BCUT2D eigenvalue weighted by molar-refractivity contribution is 7.07. The second-order valence-corrected chi connectivity index (χ2v) is 4.44. The zero-order chi connectivity index (χ0) is 12.1. The van der Waals surface area contributed by atoms with Crippen molar-refractivity contribution >= 4 is 33.9 Å². The maximum Gasteiger partial charge on any atom is 0.355 e. The molecule has 86 valence electrons. The molecule has 1 aromatic carbocycles. The summed E-state index contributed by atoms with van der Waals surface area (Å²) >= 11 is 7.29. The lowest BCUT2D eigenvalue weighted by atomic mass is 10.2. The van der Waals surface area contributed by atoms with Crippen molar-refractivity contribution < 1.29 is 4.42 Å². The number of para-hydroxylation sites is 1. The second-order valence-electron chi connectivity index (χ2n) is 3.21. The molecule has 0 aliphatic rings. The van der Waals surface area contributed by atoms with E-state index < -0.39 is 5.63 Å². The Bertz CT molecular complexity index is 627. The van der Waals surface area contributed by atoms with Gasteiger partial charge in [-0.05, 0) is 22.9 Å². The molecule has 0 atom stereocenters. The molecule has 0 amide bonds. The Hall–Kier alpha value is -1.58. The van der Waals surface area contributed by atoms with Crippen molar-refractivity contribution in [3.05, 3.63) is 68.7 Å². The molecular formula is C13H9ClO2S. The first-order valence-corrected chi connectivity index (χ1v) is 6.25. The first kappa shape index (κ1) is 11.9. The van der Waals surface area contributed by atoms with Crippen molar-refractivity contribution in [3.8, 4) is 0 Å². The van der Waals surface area contributed by atoms with E-state index in [0.717, 1.165) is 5.39 Å². The molecular weight excluding hydrogens is 256 g/mol. The number of benzene rings is 1. The molecule has 2 nitrogen and oxygen atoms in total. The fourth-order valence-corrected chi connectivity index (χ4v) is 1.87. The highest BCUT2D eigenvalue weighted by Gasteiger charge is 2.00. The number of fused-ring (bicyclic) bond motifs is 1. The van der Waals surface area contributed by atoms with E-state index in [1.807, 2.05) is 35.0 Å². The number of hydrogen-bond donors (Lipinski definition) is 0. The van der Waals surface area contributed by atoms with E-state index in [0.29, 0.717) is 5.58 Å². The SMILES string of the molecule is O=c1oc2ccccc2cc1Cl.c1ccsc1. The maximum atomic E-state index is 10.9. The zero-order valence-electron chi connectivity index (χ0n) is 8.80. The minimum Gasteiger partial charge on any atom is -0.422 e. The van der Waals surface area contributed by atoms with E-state index in [1.54, 1.807) is 29.5 Å². The summed E-state index contributed by atoms with van der Waals surface area (Å²) in [6.07, 6.45) is 0. The number of halogens is 1. The van der Waals surface area contributed by atoms with Crippen molar-refractivity contribution in [3.63, 3.8) is 0 Å². The van der Waals surface area contributed by atoms with Crippen molar-refractivity contribution in [2.45, 2.75) is 0 Å². The largest absolute Gasteiger partial charge is 0.422 e. The lowest BCUT2D eigenvalue weighted by Gasteiger charge is -1.94. The number of rotatable bonds is 0. The highest BCUT2D eigenvalue weighted by Crippen LogP contribution is 2.14. The summed E-state index contributed by atoms with van der Waals surface area (Å²) in [6.45, 7) is 0. The highest BCUT2D eigenvalue weighted by atomic mass is 35.5. The molecule has 0 radical (unpaired) electrons. The van der Waals surface area contributed by atoms with E-state index in [4.69, 9.17) is 16.0 Å². The third-order valence-electron chi connectivity index (χ3n) is 2.02. The molecule has 0 aliphatic heterocycles. The third-order valence-corrected chi connectivity index (χ3v) is 2.92. The van der Waals surface area contributed by atoms with Crippen LogP contribution in [0, 0.1) is 0 Å². The molecule has 4 heteroatoms. The first-order valence-electron chi connectivity index (χ1n) is 4.93. The molecule has 0 bridgehead atoms. The smallest absolute Gasteiger partial charge is 0.355 e. The van der Waals surface area contributed by atoms with E-state index in [1.165, 1.54) is 0 Å². The summed E-state index contributed by atoms with van der Waals surface area (Å²) in [5.41, 5.74) is 0.0715. The summed E-state index contributed by atoms with van der Waals surface area (Å²) < 4.78 is 4.90. The average Bonchev–Trinajstić information content (AvgIpc) is 2.89. The number of hydrogen-bond acceptors (Lipinski definition) is 3. The van der Waals surface area contributed by atoms with Crippen LogP contribution in [0.25, 0.3) is 11.0 Å². The fourth-order valence-electron chi connectivity index (χ4n) is 1.26. The third kappa shape index (κ3) is 3.19. The van der Waals surface area contributed by atoms with Gasteiger partial charge in [-0.25, -0.2) is 4.79 Å². The Balaban J connectivity index is 0.000000181. The van der Waals surface area contributed by atoms with Gasteiger partial charge < -0.3 is 4.42 Å². The monoisotopic (exact) mass is 264 g/mol. The minimum atomic E-state index is -0.490. The van der Waals surface area contributed by atoms with Crippen LogP contribution in [0.2, 0.25) is 5.02 Å². The van der Waals surface area contributed by atoms with Gasteiger partial charge in [0.1, 0.15) is 10.6 Å². The van der Waals surface area contributed by atoms with Crippen molar-refractivity contribution in [2.24, 2.45) is 0 Å². The molecule has 0 saturated carbocycles. The topological polar surface area (TPSA) is 30.2 Å². The normalized spacial score (nSPS) is 9.71. The van der Waals surface area contributed by atoms with Gasteiger partial charge in [-0.1, -0.05) is 41.9 Å². The standard InChI is InChI=1S/C9H5ClO2.C4H4S/c10-7-5-6-3-1-2-4-8(6)12-9(7)11;1-2-4-5-3-1/h1-5H;1-4H. The van der Waals surface area contributed by atoms with Crippen LogP contribution in [0.4, 0.5) is 0 Å². The molecule has 3 rings (SSSR count). The molecule has 17 heavy (non-hydrogen) atoms. The lowest BCUT2D eigenvalue weighted by Crippen LogP contribution is -1.97. The summed E-state index contributed by atoms with van der Waals surface area (Å²) in [5.74, 6) is 0. The van der Waals surface area contributed by atoms with Crippen molar-refractivity contribution in [1.29, 1.82) is 0 Å². The van der Waals surface area contributed by atoms with Gasteiger partial charge in [0.2, 0.25) is 0 Å². The number of thiophene rings is 1. The van der Waals surface area contributed by atoms with Gasteiger partial charge in [-0.3, -0.25) is 0 Å². The molecule has 0 fully saturated rings. The Morgan fingerprint density at radius 2 is 1.76 bits per heavy atom. The van der Waals surface area contributed by atoms with Crippen LogP contribution in [0.1, 0.15) is 0 Å². The van der Waals surface area contributed by atoms with Crippen LogP contribution in [0.3, 0.4) is 0 Å². The van der Waals surface area contributed by atoms with Gasteiger partial charge in [0, 0.05) is 5.39 Å². The molecule has 0 aliphatic carbocycles. The van der Waals surface area contributed by atoms with Gasteiger partial charge >= 0.3 is 5.63 Å². The van der Waals surface area contributed by atoms with Crippen LogP contribution in [-0.2, 0) is 0 Å². The van der Waals surface area contributed by atoms with Crippen LogP contribution in [0.5, 0.6) is 0 Å². The van der Waals surface area contributed by atoms with Crippen LogP contribution < -0.4 is 5.63 Å². The lowest BCUT2D eigenvalue weighted by molar-refractivity contribution is 0.561. The van der Waals surface area contributed by atoms with Gasteiger partial charge in [0.15, 0.2) is 0 Å². The first-order chi connectivity index (χ1) is 8.27. The predicted molar refractivity (Wildman–Crippen MR) is 71.8 cm³/mol. The minimum absolute atomic E-state index is 0.119. The van der Waals surface area contributed by atoms with E-state index in [-0.39, 0.29) is 5.02 Å². The molecule has 0 saturated heterocycles. The van der Waals surface area contributed by atoms with Crippen molar-refractivity contribution in [1.82, 2.24) is 0 Å². The molecule has 2 aromatic heterocycles. The van der Waals surface area contributed by atoms with Crippen molar-refractivity contribution in [2.75, 3.05) is 0 Å².